The number of aromatic nitrogens is 2. The lowest BCUT2D eigenvalue weighted by molar-refractivity contribution is 0.112. The molecule has 0 aliphatic carbocycles. The third-order valence-corrected chi connectivity index (χ3v) is 2.00. The summed E-state index contributed by atoms with van der Waals surface area (Å²) in [4.78, 5) is 21.8. The van der Waals surface area contributed by atoms with E-state index in [9.17, 15) is 9.59 Å². The monoisotopic (exact) mass is 188 g/mol. The molecule has 0 aliphatic rings. The van der Waals surface area contributed by atoms with Gasteiger partial charge in [0.05, 0.1) is 5.69 Å². The van der Waals surface area contributed by atoms with Crippen LogP contribution in [-0.4, -0.2) is 16.5 Å². The lowest BCUT2D eigenvalue weighted by atomic mass is 10.1. The van der Waals surface area contributed by atoms with Crippen LogP contribution >= 0.6 is 0 Å². The summed E-state index contributed by atoms with van der Waals surface area (Å²) < 4.78 is 0. The Bertz CT molecular complexity index is 496. The molecule has 0 bridgehead atoms. The normalized spacial score (nSPS) is 10.0. The van der Waals surface area contributed by atoms with E-state index in [2.05, 4.69) is 10.2 Å². The molecule has 0 amide bonds. The van der Waals surface area contributed by atoms with Crippen molar-refractivity contribution < 1.29 is 4.79 Å². The van der Waals surface area contributed by atoms with Crippen LogP contribution in [-0.2, 0) is 0 Å². The van der Waals surface area contributed by atoms with Crippen molar-refractivity contribution in [1.29, 1.82) is 0 Å². The second-order valence-corrected chi connectivity index (χ2v) is 2.85. The Morgan fingerprint density at radius 2 is 1.79 bits per heavy atom. The summed E-state index contributed by atoms with van der Waals surface area (Å²) in [6, 6.07) is 9.21. The maximum absolute atomic E-state index is 11.1. The first-order valence-corrected chi connectivity index (χ1v) is 4.14. The quantitative estimate of drug-likeness (QED) is 0.695. The molecule has 4 heteroatoms. The zero-order chi connectivity index (χ0) is 9.97. The molecule has 2 N–H and O–H groups in total. The van der Waals surface area contributed by atoms with E-state index in [1.807, 2.05) is 30.3 Å². The lowest BCUT2D eigenvalue weighted by Gasteiger charge is -1.96. The van der Waals surface area contributed by atoms with Crippen molar-refractivity contribution in [1.82, 2.24) is 10.2 Å². The van der Waals surface area contributed by atoms with Gasteiger partial charge in [-0.25, -0.2) is 0 Å². The van der Waals surface area contributed by atoms with Crippen molar-refractivity contribution in [2.45, 2.75) is 0 Å². The molecule has 2 rings (SSSR count). The van der Waals surface area contributed by atoms with E-state index >= 15 is 0 Å². The number of aldehydes is 1. The first kappa shape index (κ1) is 8.50. The number of nitrogens with one attached hydrogen (secondary N) is 2. The molecule has 0 saturated carbocycles. The van der Waals surface area contributed by atoms with Gasteiger partial charge >= 0.3 is 0 Å². The van der Waals surface area contributed by atoms with Gasteiger partial charge in [0.2, 0.25) is 0 Å². The molecule has 1 aromatic heterocycles. The molecule has 0 atom stereocenters. The molecule has 70 valence electrons. The van der Waals surface area contributed by atoms with Crippen LogP contribution in [0.4, 0.5) is 0 Å². The topological polar surface area (TPSA) is 65.7 Å². The van der Waals surface area contributed by atoms with Crippen LogP contribution in [0.3, 0.4) is 0 Å². The Hall–Kier alpha value is -2.10. The number of benzene rings is 1. The van der Waals surface area contributed by atoms with Crippen molar-refractivity contribution in [3.8, 4) is 11.3 Å². The highest BCUT2D eigenvalue weighted by atomic mass is 16.1. The molecular formula is C10H8N2O2. The highest BCUT2D eigenvalue weighted by molar-refractivity contribution is 5.85. The van der Waals surface area contributed by atoms with Gasteiger partial charge in [-0.1, -0.05) is 30.3 Å². The molecule has 0 fully saturated rings. The van der Waals surface area contributed by atoms with Gasteiger partial charge in [0.15, 0.2) is 6.29 Å². The summed E-state index contributed by atoms with van der Waals surface area (Å²) in [6.07, 6.45) is 0.553. The fourth-order valence-corrected chi connectivity index (χ4v) is 1.31. The Morgan fingerprint density at radius 1 is 1.07 bits per heavy atom. The number of carbonyl (C=O) groups is 1. The number of rotatable bonds is 2. The van der Waals surface area contributed by atoms with Crippen molar-refractivity contribution >= 4 is 6.29 Å². The van der Waals surface area contributed by atoms with Crippen LogP contribution in [0.15, 0.2) is 35.1 Å². The van der Waals surface area contributed by atoms with E-state index in [1.54, 1.807) is 0 Å². The number of aromatic amines is 2. The molecular weight excluding hydrogens is 180 g/mol. The SMILES string of the molecule is O=Cc1c(-c2ccccc2)[nH][nH]c1=O. The minimum absolute atomic E-state index is 0.135. The Kier molecular flexibility index (Phi) is 2.02. The number of hydrogen-bond acceptors (Lipinski definition) is 2. The summed E-state index contributed by atoms with van der Waals surface area (Å²) in [6.45, 7) is 0. The highest BCUT2D eigenvalue weighted by Crippen LogP contribution is 2.16. The molecule has 0 unspecified atom stereocenters. The number of carbonyl (C=O) groups excluding carboxylic acids is 1. The van der Waals surface area contributed by atoms with Crippen molar-refractivity contribution in [2.24, 2.45) is 0 Å². The third kappa shape index (κ3) is 1.26. The lowest BCUT2D eigenvalue weighted by Crippen LogP contribution is -2.04. The largest absolute Gasteiger partial charge is 0.298 e. The maximum atomic E-state index is 11.1. The second-order valence-electron chi connectivity index (χ2n) is 2.85. The number of H-pyrrole nitrogens is 2. The second kappa shape index (κ2) is 3.33. The zero-order valence-corrected chi connectivity index (χ0v) is 7.28. The molecule has 0 saturated heterocycles. The van der Waals surface area contributed by atoms with E-state index in [0.717, 1.165) is 5.56 Å². The van der Waals surface area contributed by atoms with Crippen LogP contribution in [0, 0.1) is 0 Å². The zero-order valence-electron chi connectivity index (χ0n) is 7.28. The Morgan fingerprint density at radius 3 is 2.43 bits per heavy atom. The minimum atomic E-state index is -0.390. The maximum Gasteiger partial charge on any atom is 0.275 e. The van der Waals surface area contributed by atoms with Gasteiger partial charge in [0, 0.05) is 5.56 Å². The van der Waals surface area contributed by atoms with Crippen LogP contribution in [0.1, 0.15) is 10.4 Å². The van der Waals surface area contributed by atoms with E-state index < -0.39 is 0 Å². The summed E-state index contributed by atoms with van der Waals surface area (Å²) >= 11 is 0. The average molecular weight is 188 g/mol. The molecule has 0 spiro atoms. The van der Waals surface area contributed by atoms with E-state index in [4.69, 9.17) is 0 Å². The van der Waals surface area contributed by atoms with Crippen LogP contribution in [0.2, 0.25) is 0 Å². The number of hydrogen-bond donors (Lipinski definition) is 2. The average Bonchev–Trinajstić information content (AvgIpc) is 2.61. The molecule has 4 nitrogen and oxygen atoms in total. The van der Waals surface area contributed by atoms with E-state index in [1.165, 1.54) is 0 Å². The first-order chi connectivity index (χ1) is 6.83. The highest BCUT2D eigenvalue weighted by Gasteiger charge is 2.09. The van der Waals surface area contributed by atoms with Crippen molar-refractivity contribution in [3.63, 3.8) is 0 Å². The fourth-order valence-electron chi connectivity index (χ4n) is 1.31. The van der Waals surface area contributed by atoms with Gasteiger partial charge in [0.1, 0.15) is 5.56 Å². The Balaban J connectivity index is 2.63. The Labute approximate surface area is 79.6 Å². The van der Waals surface area contributed by atoms with Crippen LogP contribution < -0.4 is 5.56 Å². The molecule has 2 aromatic rings. The minimum Gasteiger partial charge on any atom is -0.298 e. The molecule has 14 heavy (non-hydrogen) atoms. The predicted octanol–water partition coefficient (Wildman–Crippen LogP) is 1.18. The van der Waals surface area contributed by atoms with Crippen LogP contribution in [0.5, 0.6) is 0 Å². The van der Waals surface area contributed by atoms with Gasteiger partial charge in [-0.2, -0.15) is 0 Å². The van der Waals surface area contributed by atoms with Gasteiger partial charge in [-0.15, -0.1) is 0 Å². The summed E-state index contributed by atoms with van der Waals surface area (Å²) in [5.74, 6) is 0. The smallest absolute Gasteiger partial charge is 0.275 e. The third-order valence-electron chi connectivity index (χ3n) is 2.00. The van der Waals surface area contributed by atoms with Gasteiger partial charge < -0.3 is 0 Å². The van der Waals surface area contributed by atoms with Crippen molar-refractivity contribution in [3.05, 3.63) is 46.2 Å². The van der Waals surface area contributed by atoms with Crippen molar-refractivity contribution in [2.75, 3.05) is 0 Å². The summed E-state index contributed by atoms with van der Waals surface area (Å²) in [7, 11) is 0. The summed E-state index contributed by atoms with van der Waals surface area (Å²) in [5, 5.41) is 5.05. The molecule has 1 heterocycles. The molecule has 0 aliphatic heterocycles. The van der Waals surface area contributed by atoms with Gasteiger partial charge in [-0.05, 0) is 0 Å². The van der Waals surface area contributed by atoms with E-state index in [-0.39, 0.29) is 11.1 Å². The van der Waals surface area contributed by atoms with Gasteiger partial charge in [-0.3, -0.25) is 19.8 Å². The summed E-state index contributed by atoms with van der Waals surface area (Å²) in [5.41, 5.74) is 1.09. The van der Waals surface area contributed by atoms with E-state index in [0.29, 0.717) is 12.0 Å². The van der Waals surface area contributed by atoms with Gasteiger partial charge in [0.25, 0.3) is 5.56 Å². The molecule has 0 radical (unpaired) electrons. The van der Waals surface area contributed by atoms with Crippen LogP contribution in [0.25, 0.3) is 11.3 Å². The standard InChI is InChI=1S/C10H8N2O2/c13-6-8-9(11-12-10(8)14)7-4-2-1-3-5-7/h1-6H,(H2,11,12,14). The fraction of sp³-hybridized carbons (Fsp3) is 0. The predicted molar refractivity (Wildman–Crippen MR) is 52.2 cm³/mol. The first-order valence-electron chi connectivity index (χ1n) is 4.14. The molecule has 1 aromatic carbocycles.